The average Bonchev–Trinajstić information content (AvgIpc) is 3.82. The van der Waals surface area contributed by atoms with Crippen LogP contribution >= 0.6 is 11.3 Å². The van der Waals surface area contributed by atoms with Crippen molar-refractivity contribution in [3.05, 3.63) is 140 Å². The van der Waals surface area contributed by atoms with Crippen LogP contribution in [0.5, 0.6) is 0 Å². The van der Waals surface area contributed by atoms with Gasteiger partial charge in [-0.15, -0.1) is 20.5 Å². The van der Waals surface area contributed by atoms with E-state index in [1.807, 2.05) is 20.8 Å². The average molecular weight is 713 g/mol. The number of furan rings is 1. The number of hydrogen-bond acceptors (Lipinski definition) is 2. The topological polar surface area (TPSA) is 20.9 Å². The first-order chi connectivity index (χ1) is 26.0. The van der Waals surface area contributed by atoms with Gasteiger partial charge in [-0.05, 0) is 129 Å². The van der Waals surface area contributed by atoms with Crippen molar-refractivity contribution in [2.24, 2.45) is 5.41 Å². The Morgan fingerprint density at radius 3 is 2.11 bits per heavy atom. The molecule has 0 bridgehead atoms. The Bertz CT molecular complexity index is 3010. The van der Waals surface area contributed by atoms with Crippen LogP contribution in [0.1, 0.15) is 78.5 Å². The fourth-order valence-electron chi connectivity index (χ4n) is 9.38. The maximum atomic E-state index is 9.91. The summed E-state index contributed by atoms with van der Waals surface area (Å²) in [7, 11) is 0. The summed E-state index contributed by atoms with van der Waals surface area (Å²) in [6, 6.07) is 26.9. The van der Waals surface area contributed by atoms with Gasteiger partial charge in [0.15, 0.2) is 18.0 Å². The quantitative estimate of drug-likeness (QED) is 0.163. The summed E-state index contributed by atoms with van der Waals surface area (Å²) >= 11 is 1.81. The van der Waals surface area contributed by atoms with Crippen LogP contribution in [0.2, 0.25) is 0 Å². The number of pyridine rings is 2. The van der Waals surface area contributed by atoms with Crippen molar-refractivity contribution in [2.75, 3.05) is 0 Å². The largest absolute Gasteiger partial charge is 0.454 e. The highest BCUT2D eigenvalue weighted by Gasteiger charge is 2.67. The van der Waals surface area contributed by atoms with Crippen molar-refractivity contribution in [3.8, 4) is 33.6 Å². The lowest BCUT2D eigenvalue weighted by Gasteiger charge is -2.23. The molecule has 53 heavy (non-hydrogen) atoms. The minimum atomic E-state index is -1.68. The molecule has 10 rings (SSSR count). The Kier molecular flexibility index (Phi) is 6.17. The zero-order valence-corrected chi connectivity index (χ0v) is 33.1. The summed E-state index contributed by atoms with van der Waals surface area (Å²) < 4.78 is 33.2. The Balaban J connectivity index is 1.45. The molecule has 3 nitrogen and oxygen atoms in total. The number of rotatable bonds is 2. The number of aryl methyl sites for hydroxylation is 7. The van der Waals surface area contributed by atoms with Crippen LogP contribution in [0.15, 0.2) is 89.6 Å². The predicted molar refractivity (Wildman–Crippen MR) is 220 cm³/mol. The Morgan fingerprint density at radius 2 is 1.36 bits per heavy atom. The highest BCUT2D eigenvalue weighted by Crippen LogP contribution is 2.52. The van der Waals surface area contributed by atoms with Gasteiger partial charge >= 0.3 is 5.66 Å². The molecule has 0 radical (unpaired) electrons. The van der Waals surface area contributed by atoms with Gasteiger partial charge < -0.3 is 4.42 Å². The monoisotopic (exact) mass is 712 g/mol. The highest BCUT2D eigenvalue weighted by atomic mass is 32.1. The van der Waals surface area contributed by atoms with Crippen LogP contribution in [-0.2, 0) is 12.0 Å². The van der Waals surface area contributed by atoms with Crippen LogP contribution in [0.3, 0.4) is 0 Å². The number of nitrogens with zero attached hydrogens (tertiary/aromatic N) is 2. The molecule has 1 spiro atoms. The zero-order valence-electron chi connectivity index (χ0n) is 34.3. The van der Waals surface area contributed by atoms with Gasteiger partial charge in [-0.3, -0.25) is 0 Å². The number of hydrogen-bond donors (Lipinski definition) is 0. The number of aromatic nitrogens is 2. The summed E-state index contributed by atoms with van der Waals surface area (Å²) in [6.45, 7) is 21.3. The molecule has 2 aliphatic heterocycles. The predicted octanol–water partition coefficient (Wildman–Crippen LogP) is 12.0. The van der Waals surface area contributed by atoms with Crippen molar-refractivity contribution in [1.29, 1.82) is 0 Å². The lowest BCUT2D eigenvalue weighted by molar-refractivity contribution is -0.955. The van der Waals surface area contributed by atoms with Gasteiger partial charge in [-0.1, -0.05) is 56.7 Å². The first-order valence-electron chi connectivity index (χ1n) is 19.8. The summed E-state index contributed by atoms with van der Waals surface area (Å²) in [6.07, 6.45) is 2.94. The van der Waals surface area contributed by atoms with Gasteiger partial charge in [0, 0.05) is 41.7 Å². The molecule has 4 aromatic heterocycles. The normalized spacial score (nSPS) is 16.7. The van der Waals surface area contributed by atoms with Crippen LogP contribution in [-0.4, -0.2) is 0 Å². The fourth-order valence-corrected chi connectivity index (χ4v) is 10.5. The third-order valence-corrected chi connectivity index (χ3v) is 13.2. The summed E-state index contributed by atoms with van der Waals surface area (Å²) in [5, 5.41) is 3.43. The molecule has 0 N–H and O–H groups in total. The lowest BCUT2D eigenvalue weighted by Crippen LogP contribution is -2.71. The molecular weight excluding hydrogens is 665 g/mol. The van der Waals surface area contributed by atoms with E-state index in [-0.39, 0.29) is 0 Å². The van der Waals surface area contributed by atoms with Crippen LogP contribution in [0.25, 0.3) is 65.7 Å². The molecule has 4 heteroatoms. The van der Waals surface area contributed by atoms with Gasteiger partial charge in [-0.2, -0.15) is 0 Å². The minimum absolute atomic E-state index is 0.685. The standard InChI is InChI=1S/C49H46N2OS/c1-26-14-15-37-40(20-26)49(50-24-30(5)29(4)21-41(37)50)39-19-18-35-36-17-16-34-31(6)32(7)53-47(34)46(36)52-45(35)44(39)42-22-33(23-48(8,9)10)38(25-51(42)49)43-27(2)12-11-13-28(43)3/h11-22,24-25H,23H2,1-10H3/q+2/i23D2. The first kappa shape index (κ1) is 30.4. The van der Waals surface area contributed by atoms with E-state index in [0.29, 0.717) is 5.56 Å². The summed E-state index contributed by atoms with van der Waals surface area (Å²) in [4.78, 5) is 1.30. The second-order valence-corrected chi connectivity index (χ2v) is 17.9. The molecule has 262 valence electrons. The van der Waals surface area contributed by atoms with Gasteiger partial charge in [0.2, 0.25) is 11.4 Å². The Hall–Kier alpha value is -5.06. The zero-order chi connectivity index (χ0) is 38.7. The van der Waals surface area contributed by atoms with E-state index in [4.69, 9.17) is 4.42 Å². The second-order valence-electron chi connectivity index (χ2n) is 16.7. The molecule has 0 saturated heterocycles. The fraction of sp³-hybridized carbons (Fsp3) is 0.265. The van der Waals surface area contributed by atoms with E-state index in [0.717, 1.165) is 61.0 Å². The maximum absolute atomic E-state index is 9.91. The van der Waals surface area contributed by atoms with E-state index in [1.54, 1.807) is 11.3 Å². The van der Waals surface area contributed by atoms with Crippen LogP contribution < -0.4 is 9.13 Å². The van der Waals surface area contributed by atoms with Gasteiger partial charge in [0.05, 0.1) is 10.3 Å². The molecule has 8 aromatic rings. The first-order valence-corrected chi connectivity index (χ1v) is 19.6. The van der Waals surface area contributed by atoms with Crippen molar-refractivity contribution in [2.45, 2.75) is 81.3 Å². The van der Waals surface area contributed by atoms with E-state index < -0.39 is 17.5 Å². The van der Waals surface area contributed by atoms with Gasteiger partial charge in [0.25, 0.3) is 0 Å². The molecule has 0 fully saturated rings. The number of benzene rings is 4. The molecule has 6 heterocycles. The minimum Gasteiger partial charge on any atom is -0.454 e. The summed E-state index contributed by atoms with van der Waals surface area (Å²) in [5.74, 6) is 0. The molecule has 0 amide bonds. The SMILES string of the molecule is [2H]C([2H])(c1cc2[n+](cc1-c1c(C)cccc1C)C1(c3cc(C)ccc3-c3cc(C)c(C)c[n+]31)c1ccc3c(oc4c3ccc3c(C)c(C)sc34)c1-2)C(C)(C)C. The van der Waals surface area contributed by atoms with Gasteiger partial charge in [0.1, 0.15) is 22.3 Å². The number of thiophene rings is 1. The Labute approximate surface area is 319 Å². The van der Waals surface area contributed by atoms with E-state index in [2.05, 4.69) is 143 Å². The lowest BCUT2D eigenvalue weighted by atomic mass is 9.83. The van der Waals surface area contributed by atoms with Crippen LogP contribution in [0.4, 0.5) is 0 Å². The Morgan fingerprint density at radius 1 is 0.660 bits per heavy atom. The third-order valence-electron chi connectivity index (χ3n) is 12.0. The van der Waals surface area contributed by atoms with Crippen molar-refractivity contribution in [3.63, 3.8) is 0 Å². The maximum Gasteiger partial charge on any atom is 0.417 e. The van der Waals surface area contributed by atoms with Gasteiger partial charge in [-0.25, -0.2) is 0 Å². The molecule has 0 saturated carbocycles. The molecular formula is C49H46N2OS+2. The molecule has 1 unspecified atom stereocenters. The second kappa shape index (κ2) is 10.8. The smallest absolute Gasteiger partial charge is 0.417 e. The molecule has 2 aliphatic rings. The van der Waals surface area contributed by atoms with Crippen LogP contribution in [0, 0.1) is 53.9 Å². The highest BCUT2D eigenvalue weighted by molar-refractivity contribution is 7.20. The van der Waals surface area contributed by atoms with Crippen molar-refractivity contribution < 1.29 is 16.3 Å². The van der Waals surface area contributed by atoms with E-state index in [9.17, 15) is 2.74 Å². The molecule has 0 aliphatic carbocycles. The van der Waals surface area contributed by atoms with E-state index >= 15 is 0 Å². The number of fused-ring (bicyclic) bond motifs is 16. The summed E-state index contributed by atoms with van der Waals surface area (Å²) in [5.41, 5.74) is 16.9. The molecule has 4 aromatic carbocycles. The molecule has 1 atom stereocenters. The van der Waals surface area contributed by atoms with E-state index in [1.165, 1.54) is 54.0 Å². The third kappa shape index (κ3) is 4.27. The van der Waals surface area contributed by atoms with Crippen molar-refractivity contribution >= 4 is 43.4 Å². The van der Waals surface area contributed by atoms with Crippen molar-refractivity contribution in [1.82, 2.24) is 0 Å².